The number of nitrogens with zero attached hydrogens (tertiary/aromatic N) is 1. The fourth-order valence-electron chi connectivity index (χ4n) is 7.58. The first-order valence-electron chi connectivity index (χ1n) is 15.6. The number of rotatable bonds is 4. The van der Waals surface area contributed by atoms with E-state index in [9.17, 15) is 0 Å². The van der Waals surface area contributed by atoms with Gasteiger partial charge in [-0.05, 0) is 80.6 Å². The van der Waals surface area contributed by atoms with Crippen molar-refractivity contribution in [1.29, 1.82) is 0 Å². The second kappa shape index (κ2) is 9.92. The van der Waals surface area contributed by atoms with Crippen LogP contribution in [-0.2, 0) is 5.41 Å². The van der Waals surface area contributed by atoms with Crippen LogP contribution in [0.3, 0.4) is 0 Å². The van der Waals surface area contributed by atoms with Gasteiger partial charge < -0.3 is 4.90 Å². The highest BCUT2D eigenvalue weighted by atomic mass is 32.1. The van der Waals surface area contributed by atoms with Gasteiger partial charge >= 0.3 is 0 Å². The lowest BCUT2D eigenvalue weighted by atomic mass is 9.81. The lowest BCUT2D eigenvalue weighted by Crippen LogP contribution is -2.20. The molecule has 45 heavy (non-hydrogen) atoms. The molecule has 0 spiro atoms. The van der Waals surface area contributed by atoms with Crippen molar-refractivity contribution in [3.8, 4) is 22.3 Å². The summed E-state index contributed by atoms with van der Waals surface area (Å²) in [4.78, 5) is 2.49. The fraction of sp³-hybridized carbons (Fsp3) is 0.0698. The van der Waals surface area contributed by atoms with Crippen LogP contribution < -0.4 is 4.90 Å². The van der Waals surface area contributed by atoms with E-state index in [1.165, 1.54) is 75.7 Å². The molecule has 8 aromatic rings. The van der Waals surface area contributed by atoms with Crippen LogP contribution in [0.2, 0.25) is 0 Å². The van der Waals surface area contributed by atoms with Crippen molar-refractivity contribution in [3.63, 3.8) is 0 Å². The number of hydrogen-bond donors (Lipinski definition) is 0. The molecule has 0 unspecified atom stereocenters. The molecule has 1 nitrogen and oxygen atoms in total. The number of hydrogen-bond acceptors (Lipinski definition) is 2. The Balaban J connectivity index is 1.30. The number of fused-ring (bicyclic) bond motifs is 7. The molecule has 0 N–H and O–H groups in total. The van der Waals surface area contributed by atoms with Crippen LogP contribution in [-0.4, -0.2) is 0 Å². The van der Waals surface area contributed by atoms with Gasteiger partial charge in [-0.15, -0.1) is 11.3 Å². The maximum absolute atomic E-state index is 2.49. The lowest BCUT2D eigenvalue weighted by Gasteiger charge is -2.32. The van der Waals surface area contributed by atoms with Gasteiger partial charge in [-0.25, -0.2) is 0 Å². The van der Waals surface area contributed by atoms with Crippen molar-refractivity contribution in [2.75, 3.05) is 4.90 Å². The second-order valence-corrected chi connectivity index (χ2v) is 13.6. The van der Waals surface area contributed by atoms with Crippen LogP contribution in [0.1, 0.15) is 25.0 Å². The van der Waals surface area contributed by atoms with Crippen LogP contribution in [0.25, 0.3) is 53.2 Å². The third-order valence-corrected chi connectivity index (χ3v) is 10.8. The van der Waals surface area contributed by atoms with Crippen LogP contribution in [0.4, 0.5) is 17.1 Å². The summed E-state index contributed by atoms with van der Waals surface area (Å²) in [5, 5.41) is 5.17. The Hall–Kier alpha value is -5.18. The molecule has 0 amide bonds. The molecule has 0 saturated carbocycles. The van der Waals surface area contributed by atoms with Gasteiger partial charge in [-0.1, -0.05) is 129 Å². The van der Waals surface area contributed by atoms with Crippen molar-refractivity contribution >= 4 is 59.3 Å². The molecule has 0 bridgehead atoms. The summed E-state index contributed by atoms with van der Waals surface area (Å²) in [6.45, 7) is 4.75. The van der Waals surface area contributed by atoms with E-state index in [-0.39, 0.29) is 5.41 Å². The van der Waals surface area contributed by atoms with Crippen molar-refractivity contribution in [2.24, 2.45) is 0 Å². The third-order valence-electron chi connectivity index (χ3n) is 9.62. The number of thiophene rings is 1. The van der Waals surface area contributed by atoms with Crippen molar-refractivity contribution < 1.29 is 0 Å². The highest BCUT2D eigenvalue weighted by molar-refractivity contribution is 7.25. The zero-order valence-corrected chi connectivity index (χ0v) is 26.1. The molecule has 9 rings (SSSR count). The number of anilines is 3. The predicted molar refractivity (Wildman–Crippen MR) is 195 cm³/mol. The Morgan fingerprint density at radius 1 is 0.489 bits per heavy atom. The quantitative estimate of drug-likeness (QED) is 0.196. The smallest absolute Gasteiger partial charge is 0.0508 e. The molecule has 2 heteroatoms. The lowest BCUT2D eigenvalue weighted by molar-refractivity contribution is 0.661. The maximum atomic E-state index is 2.49. The molecule has 1 aliphatic carbocycles. The SMILES string of the molecule is CC1(C)c2ccccc2-c2cccc(N(c3cccc(-c4cccc5ccccc45)c3)c3ccc4c(c3)sc3ccccc34)c21. The molecule has 1 aromatic heterocycles. The van der Waals surface area contributed by atoms with Crippen LogP contribution in [0, 0.1) is 0 Å². The normalized spacial score (nSPS) is 13.3. The molecule has 0 radical (unpaired) electrons. The maximum Gasteiger partial charge on any atom is 0.0508 e. The molecule has 7 aromatic carbocycles. The van der Waals surface area contributed by atoms with Gasteiger partial charge in [-0.2, -0.15) is 0 Å². The van der Waals surface area contributed by atoms with E-state index >= 15 is 0 Å². The molecule has 1 aliphatic rings. The molecule has 0 atom stereocenters. The minimum Gasteiger partial charge on any atom is -0.310 e. The molecule has 0 fully saturated rings. The summed E-state index contributed by atoms with van der Waals surface area (Å²) in [6.07, 6.45) is 0. The summed E-state index contributed by atoms with van der Waals surface area (Å²) in [5.41, 5.74) is 11.3. The Kier molecular flexibility index (Phi) is 5.78. The van der Waals surface area contributed by atoms with E-state index < -0.39 is 0 Å². The first-order valence-corrected chi connectivity index (χ1v) is 16.4. The molecule has 214 valence electrons. The average Bonchev–Trinajstić information content (AvgIpc) is 3.57. The van der Waals surface area contributed by atoms with Crippen LogP contribution in [0.15, 0.2) is 152 Å². The minimum atomic E-state index is -0.143. The Bertz CT molecular complexity index is 2420. The first kappa shape index (κ1) is 26.2. The van der Waals surface area contributed by atoms with E-state index in [0.29, 0.717) is 0 Å². The summed E-state index contributed by atoms with van der Waals surface area (Å²) < 4.78 is 2.63. The van der Waals surface area contributed by atoms with Gasteiger partial charge in [0.05, 0.1) is 5.69 Å². The molecule has 0 saturated heterocycles. The summed E-state index contributed by atoms with van der Waals surface area (Å²) in [5.74, 6) is 0. The van der Waals surface area contributed by atoms with Gasteiger partial charge in [0.2, 0.25) is 0 Å². The van der Waals surface area contributed by atoms with Gasteiger partial charge in [-0.3, -0.25) is 0 Å². The van der Waals surface area contributed by atoms with Gasteiger partial charge in [0.15, 0.2) is 0 Å². The van der Waals surface area contributed by atoms with Gasteiger partial charge in [0.25, 0.3) is 0 Å². The van der Waals surface area contributed by atoms with E-state index in [1.54, 1.807) is 0 Å². The standard InChI is InChI=1S/C43H31NS/c1-43(2)38-21-7-5-17-34(38)37-20-11-22-39(42(37)43)44(31-24-25-36-35-18-6-8-23-40(35)45-41(36)27-31)30-15-9-14-29(26-30)33-19-10-13-28-12-3-4-16-32(28)33/h3-27H,1-2H3. The fourth-order valence-corrected chi connectivity index (χ4v) is 8.72. The van der Waals surface area contributed by atoms with Crippen LogP contribution >= 0.6 is 11.3 Å². The van der Waals surface area contributed by atoms with Crippen molar-refractivity contribution in [1.82, 2.24) is 0 Å². The van der Waals surface area contributed by atoms with E-state index in [0.717, 1.165) is 5.69 Å². The monoisotopic (exact) mass is 593 g/mol. The Morgan fingerprint density at radius 2 is 1.16 bits per heavy atom. The summed E-state index contributed by atoms with van der Waals surface area (Å²) >= 11 is 1.87. The first-order chi connectivity index (χ1) is 22.1. The van der Waals surface area contributed by atoms with Crippen molar-refractivity contribution in [2.45, 2.75) is 19.3 Å². The van der Waals surface area contributed by atoms with E-state index in [1.807, 2.05) is 11.3 Å². The van der Waals surface area contributed by atoms with Gasteiger partial charge in [0, 0.05) is 37.0 Å². The highest BCUT2D eigenvalue weighted by Crippen LogP contribution is 2.54. The Morgan fingerprint density at radius 3 is 2.09 bits per heavy atom. The average molecular weight is 594 g/mol. The zero-order chi connectivity index (χ0) is 30.1. The topological polar surface area (TPSA) is 3.24 Å². The molecule has 1 heterocycles. The number of benzene rings is 7. The van der Waals surface area contributed by atoms with Gasteiger partial charge in [0.1, 0.15) is 0 Å². The molecule has 0 aliphatic heterocycles. The minimum absolute atomic E-state index is 0.143. The Labute approximate surface area is 267 Å². The highest BCUT2D eigenvalue weighted by Gasteiger charge is 2.38. The van der Waals surface area contributed by atoms with Crippen LogP contribution in [0.5, 0.6) is 0 Å². The summed E-state index contributed by atoms with van der Waals surface area (Å²) in [6, 6.07) is 55.9. The largest absolute Gasteiger partial charge is 0.310 e. The molecular formula is C43H31NS. The van der Waals surface area contributed by atoms with E-state index in [4.69, 9.17) is 0 Å². The third kappa shape index (κ3) is 3.99. The second-order valence-electron chi connectivity index (χ2n) is 12.6. The van der Waals surface area contributed by atoms with E-state index in [2.05, 4.69) is 170 Å². The zero-order valence-electron chi connectivity index (χ0n) is 25.3. The predicted octanol–water partition coefficient (Wildman–Crippen LogP) is 12.7. The molecular weight excluding hydrogens is 563 g/mol. The van der Waals surface area contributed by atoms with Crippen molar-refractivity contribution in [3.05, 3.63) is 163 Å². The summed E-state index contributed by atoms with van der Waals surface area (Å²) in [7, 11) is 0.